The van der Waals surface area contributed by atoms with Crippen molar-refractivity contribution < 1.29 is 9.53 Å². The van der Waals surface area contributed by atoms with Gasteiger partial charge in [0.15, 0.2) is 0 Å². The fourth-order valence-corrected chi connectivity index (χ4v) is 1.30. The van der Waals surface area contributed by atoms with E-state index in [9.17, 15) is 4.79 Å². The van der Waals surface area contributed by atoms with Crippen molar-refractivity contribution >= 4 is 11.6 Å². The Hall–Kier alpha value is -2.22. The molecule has 0 saturated heterocycles. The zero-order chi connectivity index (χ0) is 13.8. The predicted molar refractivity (Wildman–Crippen MR) is 69.2 cm³/mol. The standard InChI is InChI=1S/C13H17N3O2/c1-13(2,12(15)17)8-16-11-6-10(18-3)5-4-9(11)7-14/h4-6,16H,8H2,1-3H3,(H2,15,17). The lowest BCUT2D eigenvalue weighted by atomic mass is 9.92. The molecule has 1 amide bonds. The number of benzene rings is 1. The minimum atomic E-state index is -0.685. The van der Waals surface area contributed by atoms with E-state index in [0.29, 0.717) is 23.5 Å². The molecule has 1 rings (SSSR count). The van der Waals surface area contributed by atoms with Crippen LogP contribution in [0.25, 0.3) is 0 Å². The summed E-state index contributed by atoms with van der Waals surface area (Å²) < 4.78 is 5.09. The molecular weight excluding hydrogens is 230 g/mol. The molecular formula is C13H17N3O2. The molecule has 0 aliphatic rings. The van der Waals surface area contributed by atoms with Crippen molar-refractivity contribution in [1.82, 2.24) is 0 Å². The second-order valence-electron chi connectivity index (χ2n) is 4.63. The third-order valence-electron chi connectivity index (χ3n) is 2.73. The van der Waals surface area contributed by atoms with Crippen molar-refractivity contribution in [2.75, 3.05) is 19.0 Å². The fraction of sp³-hybridized carbons (Fsp3) is 0.385. The molecule has 0 aliphatic carbocycles. The molecule has 0 spiro atoms. The van der Waals surface area contributed by atoms with Crippen LogP contribution in [-0.2, 0) is 4.79 Å². The molecule has 0 aromatic heterocycles. The highest BCUT2D eigenvalue weighted by molar-refractivity contribution is 5.80. The topological polar surface area (TPSA) is 88.1 Å². The molecule has 96 valence electrons. The Morgan fingerprint density at radius 3 is 2.72 bits per heavy atom. The van der Waals surface area contributed by atoms with E-state index in [4.69, 9.17) is 15.7 Å². The summed E-state index contributed by atoms with van der Waals surface area (Å²) in [6.45, 7) is 3.84. The first kappa shape index (κ1) is 13.8. The van der Waals surface area contributed by atoms with Crippen LogP contribution in [0.3, 0.4) is 0 Å². The lowest BCUT2D eigenvalue weighted by Crippen LogP contribution is -2.37. The van der Waals surface area contributed by atoms with Crippen molar-refractivity contribution in [3.05, 3.63) is 23.8 Å². The average Bonchev–Trinajstić information content (AvgIpc) is 2.35. The fourth-order valence-electron chi connectivity index (χ4n) is 1.30. The van der Waals surface area contributed by atoms with Gasteiger partial charge in [-0.05, 0) is 26.0 Å². The first-order chi connectivity index (χ1) is 8.40. The molecule has 5 heteroatoms. The van der Waals surface area contributed by atoms with Crippen LogP contribution in [0.1, 0.15) is 19.4 Å². The van der Waals surface area contributed by atoms with E-state index in [1.54, 1.807) is 39.2 Å². The largest absolute Gasteiger partial charge is 0.497 e. The maximum atomic E-state index is 11.2. The Morgan fingerprint density at radius 2 is 2.22 bits per heavy atom. The molecule has 1 aromatic carbocycles. The summed E-state index contributed by atoms with van der Waals surface area (Å²) in [6, 6.07) is 7.17. The first-order valence-corrected chi connectivity index (χ1v) is 5.52. The van der Waals surface area contributed by atoms with Gasteiger partial charge in [-0.3, -0.25) is 4.79 Å². The van der Waals surface area contributed by atoms with Gasteiger partial charge in [0.1, 0.15) is 11.8 Å². The average molecular weight is 247 g/mol. The third-order valence-corrected chi connectivity index (χ3v) is 2.73. The Balaban J connectivity index is 2.90. The van der Waals surface area contributed by atoms with Gasteiger partial charge in [-0.2, -0.15) is 5.26 Å². The zero-order valence-electron chi connectivity index (χ0n) is 10.8. The molecule has 3 N–H and O–H groups in total. The van der Waals surface area contributed by atoms with Gasteiger partial charge in [-0.1, -0.05) is 0 Å². The Bertz CT molecular complexity index is 489. The van der Waals surface area contributed by atoms with Crippen molar-refractivity contribution in [1.29, 1.82) is 5.26 Å². The van der Waals surface area contributed by atoms with Gasteiger partial charge in [-0.25, -0.2) is 0 Å². The van der Waals surface area contributed by atoms with E-state index in [1.807, 2.05) is 0 Å². The van der Waals surface area contributed by atoms with Crippen LogP contribution in [0.4, 0.5) is 5.69 Å². The van der Waals surface area contributed by atoms with Gasteiger partial charge in [0.2, 0.25) is 5.91 Å². The molecule has 18 heavy (non-hydrogen) atoms. The third kappa shape index (κ3) is 3.14. The van der Waals surface area contributed by atoms with Crippen LogP contribution >= 0.6 is 0 Å². The van der Waals surface area contributed by atoms with Crippen molar-refractivity contribution in [2.45, 2.75) is 13.8 Å². The quantitative estimate of drug-likeness (QED) is 0.825. The minimum Gasteiger partial charge on any atom is -0.497 e. The van der Waals surface area contributed by atoms with E-state index in [0.717, 1.165) is 0 Å². The summed E-state index contributed by atoms with van der Waals surface area (Å²) in [7, 11) is 1.55. The molecule has 0 atom stereocenters. The van der Waals surface area contributed by atoms with Gasteiger partial charge in [0.05, 0.1) is 23.8 Å². The minimum absolute atomic E-state index is 0.351. The lowest BCUT2D eigenvalue weighted by molar-refractivity contribution is -0.125. The number of anilines is 1. The summed E-state index contributed by atoms with van der Waals surface area (Å²) >= 11 is 0. The highest BCUT2D eigenvalue weighted by Gasteiger charge is 2.24. The first-order valence-electron chi connectivity index (χ1n) is 5.52. The predicted octanol–water partition coefficient (Wildman–Crippen LogP) is 1.49. The SMILES string of the molecule is COc1ccc(C#N)c(NCC(C)(C)C(N)=O)c1. The van der Waals surface area contributed by atoms with Crippen LogP contribution in [0, 0.1) is 16.7 Å². The second-order valence-corrected chi connectivity index (χ2v) is 4.63. The highest BCUT2D eigenvalue weighted by atomic mass is 16.5. The van der Waals surface area contributed by atoms with E-state index in [1.165, 1.54) is 0 Å². The normalized spacial score (nSPS) is 10.6. The van der Waals surface area contributed by atoms with E-state index in [2.05, 4.69) is 11.4 Å². The maximum Gasteiger partial charge on any atom is 0.224 e. The number of carbonyl (C=O) groups is 1. The van der Waals surface area contributed by atoms with Gasteiger partial charge >= 0.3 is 0 Å². The van der Waals surface area contributed by atoms with Crippen LogP contribution in [0.15, 0.2) is 18.2 Å². The summed E-state index contributed by atoms with van der Waals surface area (Å²) in [4.78, 5) is 11.2. The van der Waals surface area contributed by atoms with Gasteiger partial charge in [0, 0.05) is 12.6 Å². The monoisotopic (exact) mass is 247 g/mol. The molecule has 5 nitrogen and oxygen atoms in total. The summed E-state index contributed by atoms with van der Waals surface area (Å²) in [5.74, 6) is 0.254. The summed E-state index contributed by atoms with van der Waals surface area (Å²) in [6.07, 6.45) is 0. The number of amides is 1. The number of ether oxygens (including phenoxy) is 1. The van der Waals surface area contributed by atoms with Gasteiger partial charge in [0.25, 0.3) is 0 Å². The summed E-state index contributed by atoms with van der Waals surface area (Å²) in [5, 5.41) is 12.1. The molecule has 0 radical (unpaired) electrons. The molecule has 0 saturated carbocycles. The number of nitrogens with zero attached hydrogens (tertiary/aromatic N) is 1. The Kier molecular flexibility index (Phi) is 4.16. The number of nitrogens with one attached hydrogen (secondary N) is 1. The van der Waals surface area contributed by atoms with Crippen LogP contribution < -0.4 is 15.8 Å². The molecule has 0 fully saturated rings. The molecule has 0 aliphatic heterocycles. The van der Waals surface area contributed by atoms with Crippen molar-refractivity contribution in [3.8, 4) is 11.8 Å². The highest BCUT2D eigenvalue weighted by Crippen LogP contribution is 2.23. The van der Waals surface area contributed by atoms with E-state index >= 15 is 0 Å². The smallest absolute Gasteiger partial charge is 0.224 e. The number of nitrogens with two attached hydrogens (primary N) is 1. The number of carbonyl (C=O) groups excluding carboxylic acids is 1. The van der Waals surface area contributed by atoms with Crippen molar-refractivity contribution in [2.24, 2.45) is 11.1 Å². The number of hydrogen-bond donors (Lipinski definition) is 2. The van der Waals surface area contributed by atoms with Gasteiger partial charge in [-0.15, -0.1) is 0 Å². The number of rotatable bonds is 5. The van der Waals surface area contributed by atoms with E-state index in [-0.39, 0.29) is 0 Å². The van der Waals surface area contributed by atoms with Crippen molar-refractivity contribution in [3.63, 3.8) is 0 Å². The number of methoxy groups -OCH3 is 1. The Labute approximate surface area is 107 Å². The van der Waals surface area contributed by atoms with Crippen LogP contribution in [-0.4, -0.2) is 19.6 Å². The molecule has 0 heterocycles. The van der Waals surface area contributed by atoms with Gasteiger partial charge < -0.3 is 15.8 Å². The molecule has 1 aromatic rings. The lowest BCUT2D eigenvalue weighted by Gasteiger charge is -2.22. The maximum absolute atomic E-state index is 11.2. The second kappa shape index (κ2) is 5.41. The zero-order valence-corrected chi connectivity index (χ0v) is 10.8. The van der Waals surface area contributed by atoms with Crippen LogP contribution in [0.5, 0.6) is 5.75 Å². The molecule has 0 bridgehead atoms. The van der Waals surface area contributed by atoms with Crippen LogP contribution in [0.2, 0.25) is 0 Å². The van der Waals surface area contributed by atoms with E-state index < -0.39 is 11.3 Å². The number of nitriles is 1. The number of hydrogen-bond acceptors (Lipinski definition) is 4. The summed E-state index contributed by atoms with van der Waals surface area (Å²) in [5.41, 5.74) is 5.73. The Morgan fingerprint density at radius 1 is 1.56 bits per heavy atom. The molecule has 0 unspecified atom stereocenters. The number of primary amides is 1.